The number of para-hydroxylation sites is 2. The van der Waals surface area contributed by atoms with Crippen LogP contribution in [0.5, 0.6) is 11.5 Å². The lowest BCUT2D eigenvalue weighted by Gasteiger charge is -2.17. The third-order valence-electron chi connectivity index (χ3n) is 3.39. The number of hydrogen-bond donors (Lipinski definition) is 1. The van der Waals surface area contributed by atoms with E-state index in [0.29, 0.717) is 13.2 Å². The predicted molar refractivity (Wildman–Crippen MR) is 87.9 cm³/mol. The fourth-order valence-electron chi connectivity index (χ4n) is 2.33. The quantitative estimate of drug-likeness (QED) is 0.834. The van der Waals surface area contributed by atoms with Crippen LogP contribution in [0.25, 0.3) is 0 Å². The fourth-order valence-corrected chi connectivity index (χ4v) is 2.33. The van der Waals surface area contributed by atoms with Gasteiger partial charge in [0.25, 0.3) is 0 Å². The molecule has 22 heavy (non-hydrogen) atoms. The van der Waals surface area contributed by atoms with Crippen molar-refractivity contribution in [1.82, 2.24) is 5.32 Å². The van der Waals surface area contributed by atoms with E-state index < -0.39 is 0 Å². The van der Waals surface area contributed by atoms with Crippen molar-refractivity contribution in [2.75, 3.05) is 26.3 Å². The molecule has 0 aliphatic carbocycles. The van der Waals surface area contributed by atoms with Crippen LogP contribution in [0, 0.1) is 0 Å². The van der Waals surface area contributed by atoms with Crippen LogP contribution in [0.3, 0.4) is 0 Å². The second-order valence-electron chi connectivity index (χ2n) is 5.02. The Morgan fingerprint density at radius 2 is 1.68 bits per heavy atom. The summed E-state index contributed by atoms with van der Waals surface area (Å²) in [5.74, 6) is 2.62. The van der Waals surface area contributed by atoms with Crippen molar-refractivity contribution in [2.45, 2.75) is 6.42 Å². The zero-order chi connectivity index (χ0) is 15.0. The first-order chi connectivity index (χ1) is 10.9. The molecular weight excluding hydrogens is 276 g/mol. The molecule has 0 unspecified atom stereocenters. The molecule has 0 amide bonds. The number of hydrogen-bond acceptors (Lipinski definition) is 4. The van der Waals surface area contributed by atoms with E-state index in [1.807, 2.05) is 54.6 Å². The molecule has 1 aliphatic heterocycles. The standard InChI is InChI=1S/C18H20N2O2/c1-2-7-15(8-3-1)21-13-14-22-17-10-5-4-9-16(17)18-19-11-6-12-20-18/h1-5,7-10H,6,11-14H2,(H,19,20). The zero-order valence-corrected chi connectivity index (χ0v) is 12.5. The summed E-state index contributed by atoms with van der Waals surface area (Å²) < 4.78 is 11.5. The van der Waals surface area contributed by atoms with Gasteiger partial charge in [-0.05, 0) is 30.7 Å². The van der Waals surface area contributed by atoms with E-state index in [2.05, 4.69) is 10.3 Å². The van der Waals surface area contributed by atoms with E-state index in [4.69, 9.17) is 9.47 Å². The molecule has 0 spiro atoms. The summed E-state index contributed by atoms with van der Waals surface area (Å²) in [6, 6.07) is 17.7. The Labute approximate surface area is 130 Å². The molecule has 2 aromatic carbocycles. The Morgan fingerprint density at radius 3 is 2.50 bits per heavy atom. The van der Waals surface area contributed by atoms with Gasteiger partial charge in [-0.1, -0.05) is 30.3 Å². The molecule has 114 valence electrons. The molecule has 0 fully saturated rings. The van der Waals surface area contributed by atoms with Gasteiger partial charge in [0.15, 0.2) is 0 Å². The number of rotatable bonds is 6. The van der Waals surface area contributed by atoms with Gasteiger partial charge in [0, 0.05) is 13.1 Å². The minimum Gasteiger partial charge on any atom is -0.490 e. The molecule has 0 saturated heterocycles. The lowest BCUT2D eigenvalue weighted by Crippen LogP contribution is -2.30. The van der Waals surface area contributed by atoms with E-state index in [1.54, 1.807) is 0 Å². The van der Waals surface area contributed by atoms with Crippen molar-refractivity contribution in [3.8, 4) is 11.5 Å². The van der Waals surface area contributed by atoms with E-state index >= 15 is 0 Å². The van der Waals surface area contributed by atoms with Gasteiger partial charge in [0.2, 0.25) is 0 Å². The van der Waals surface area contributed by atoms with Crippen LogP contribution in [0.1, 0.15) is 12.0 Å². The average molecular weight is 296 g/mol. The van der Waals surface area contributed by atoms with Crippen molar-refractivity contribution in [3.05, 3.63) is 60.2 Å². The Kier molecular flexibility index (Phi) is 4.92. The second-order valence-corrected chi connectivity index (χ2v) is 5.02. The first-order valence-electron chi connectivity index (χ1n) is 7.62. The fraction of sp³-hybridized carbons (Fsp3) is 0.278. The maximum Gasteiger partial charge on any atom is 0.132 e. The molecule has 4 heteroatoms. The van der Waals surface area contributed by atoms with Gasteiger partial charge in [0.1, 0.15) is 30.5 Å². The van der Waals surface area contributed by atoms with Crippen molar-refractivity contribution in [2.24, 2.45) is 4.99 Å². The number of nitrogens with one attached hydrogen (secondary N) is 1. The maximum absolute atomic E-state index is 5.87. The van der Waals surface area contributed by atoms with Gasteiger partial charge in [-0.15, -0.1) is 0 Å². The number of aliphatic imine (C=N–C) groups is 1. The highest BCUT2D eigenvalue weighted by molar-refractivity contribution is 6.01. The van der Waals surface area contributed by atoms with Crippen LogP contribution in [0.2, 0.25) is 0 Å². The summed E-state index contributed by atoms with van der Waals surface area (Å²) in [7, 11) is 0. The number of nitrogens with zero attached hydrogens (tertiary/aromatic N) is 1. The molecule has 3 rings (SSSR count). The van der Waals surface area contributed by atoms with Gasteiger partial charge < -0.3 is 14.8 Å². The first-order valence-corrected chi connectivity index (χ1v) is 7.62. The Morgan fingerprint density at radius 1 is 0.909 bits per heavy atom. The molecule has 4 nitrogen and oxygen atoms in total. The number of benzene rings is 2. The summed E-state index contributed by atoms with van der Waals surface area (Å²) in [5.41, 5.74) is 1.02. The monoisotopic (exact) mass is 296 g/mol. The summed E-state index contributed by atoms with van der Waals surface area (Å²) in [6.07, 6.45) is 1.08. The number of amidine groups is 1. The lowest BCUT2D eigenvalue weighted by atomic mass is 10.1. The topological polar surface area (TPSA) is 42.9 Å². The average Bonchev–Trinajstić information content (AvgIpc) is 2.61. The normalized spacial score (nSPS) is 13.9. The highest BCUT2D eigenvalue weighted by Gasteiger charge is 2.12. The van der Waals surface area contributed by atoms with E-state index in [0.717, 1.165) is 42.4 Å². The minimum atomic E-state index is 0.499. The van der Waals surface area contributed by atoms with E-state index in [-0.39, 0.29) is 0 Å². The zero-order valence-electron chi connectivity index (χ0n) is 12.5. The summed E-state index contributed by atoms with van der Waals surface area (Å²) in [5, 5.41) is 3.33. The number of ether oxygens (including phenoxy) is 2. The summed E-state index contributed by atoms with van der Waals surface area (Å²) >= 11 is 0. The molecule has 0 atom stereocenters. The van der Waals surface area contributed by atoms with Crippen molar-refractivity contribution in [1.29, 1.82) is 0 Å². The first kappa shape index (κ1) is 14.4. The van der Waals surface area contributed by atoms with Gasteiger partial charge >= 0.3 is 0 Å². The largest absolute Gasteiger partial charge is 0.490 e. The molecule has 1 aliphatic rings. The van der Waals surface area contributed by atoms with Gasteiger partial charge in [-0.2, -0.15) is 0 Å². The van der Waals surface area contributed by atoms with Gasteiger partial charge in [0.05, 0.1) is 5.56 Å². The predicted octanol–water partition coefficient (Wildman–Crippen LogP) is 2.88. The van der Waals surface area contributed by atoms with Crippen LogP contribution >= 0.6 is 0 Å². The highest BCUT2D eigenvalue weighted by Crippen LogP contribution is 2.19. The van der Waals surface area contributed by atoms with Crippen molar-refractivity contribution < 1.29 is 9.47 Å². The van der Waals surface area contributed by atoms with Crippen LogP contribution < -0.4 is 14.8 Å². The Balaban J connectivity index is 1.57. The third-order valence-corrected chi connectivity index (χ3v) is 3.39. The lowest BCUT2D eigenvalue weighted by molar-refractivity contribution is 0.217. The summed E-state index contributed by atoms with van der Waals surface area (Å²) in [6.45, 7) is 2.84. The molecule has 0 aromatic heterocycles. The molecule has 1 N–H and O–H groups in total. The SMILES string of the molecule is c1ccc(OCCOc2ccccc2C2=NCCCN2)cc1. The molecule has 0 bridgehead atoms. The smallest absolute Gasteiger partial charge is 0.132 e. The highest BCUT2D eigenvalue weighted by atomic mass is 16.5. The molecule has 0 saturated carbocycles. The maximum atomic E-state index is 5.87. The van der Waals surface area contributed by atoms with Crippen LogP contribution in [0.15, 0.2) is 59.6 Å². The van der Waals surface area contributed by atoms with E-state index in [1.165, 1.54) is 0 Å². The van der Waals surface area contributed by atoms with Gasteiger partial charge in [-0.25, -0.2) is 0 Å². The third kappa shape index (κ3) is 3.79. The Bertz CT molecular complexity index is 626. The van der Waals surface area contributed by atoms with E-state index in [9.17, 15) is 0 Å². The summed E-state index contributed by atoms with van der Waals surface area (Å²) in [4.78, 5) is 4.53. The molecule has 2 aromatic rings. The van der Waals surface area contributed by atoms with Crippen molar-refractivity contribution >= 4 is 5.84 Å². The minimum absolute atomic E-state index is 0.499. The molecule has 1 heterocycles. The Hall–Kier alpha value is -2.49. The van der Waals surface area contributed by atoms with Crippen molar-refractivity contribution in [3.63, 3.8) is 0 Å². The second kappa shape index (κ2) is 7.50. The van der Waals surface area contributed by atoms with Crippen LogP contribution in [-0.4, -0.2) is 32.1 Å². The van der Waals surface area contributed by atoms with Crippen LogP contribution in [0.4, 0.5) is 0 Å². The molecule has 0 radical (unpaired) electrons. The van der Waals surface area contributed by atoms with Gasteiger partial charge in [-0.3, -0.25) is 4.99 Å². The molecular formula is C18H20N2O2. The van der Waals surface area contributed by atoms with Crippen LogP contribution in [-0.2, 0) is 0 Å².